The number of amides is 1. The summed E-state index contributed by atoms with van der Waals surface area (Å²) in [6.07, 6.45) is 3.62. The fourth-order valence-corrected chi connectivity index (χ4v) is 7.16. The molecule has 2 heterocycles. The maximum absolute atomic E-state index is 15.2. The predicted molar refractivity (Wildman–Crippen MR) is 160 cm³/mol. The van der Waals surface area contributed by atoms with Crippen molar-refractivity contribution in [2.45, 2.75) is 69.1 Å². The molecule has 1 amide bonds. The SMILES string of the molecule is CC(C)NC(=O)[C@H](Cc1ccc(Cl)cc1)Nc1cncc(F)c1CC[C@H]1CNC[C@H](C)N1S(=O)(=O)c1ccccc1. The second-order valence-corrected chi connectivity index (χ2v) is 13.0. The second kappa shape index (κ2) is 13.7. The number of rotatable bonds is 11. The van der Waals surface area contributed by atoms with Crippen molar-refractivity contribution < 1.29 is 17.6 Å². The minimum absolute atomic E-state index is 0.0829. The molecule has 11 heteroatoms. The van der Waals surface area contributed by atoms with Gasteiger partial charge in [-0.25, -0.2) is 12.8 Å². The second-order valence-electron chi connectivity index (χ2n) is 10.7. The number of pyridine rings is 1. The molecule has 0 spiro atoms. The molecule has 0 bridgehead atoms. The Bertz CT molecular complexity index is 1420. The van der Waals surface area contributed by atoms with Crippen LogP contribution in [-0.2, 0) is 27.7 Å². The van der Waals surface area contributed by atoms with Crippen LogP contribution in [0.25, 0.3) is 0 Å². The number of nitrogens with one attached hydrogen (secondary N) is 3. The van der Waals surface area contributed by atoms with E-state index in [2.05, 4.69) is 20.9 Å². The molecule has 4 rings (SSSR count). The van der Waals surface area contributed by atoms with Gasteiger partial charge in [0.2, 0.25) is 15.9 Å². The highest BCUT2D eigenvalue weighted by atomic mass is 35.5. The van der Waals surface area contributed by atoms with Crippen LogP contribution in [-0.4, -0.2) is 60.9 Å². The minimum atomic E-state index is -3.76. The average molecular weight is 602 g/mol. The van der Waals surface area contributed by atoms with Gasteiger partial charge in [-0.05, 0) is 63.4 Å². The van der Waals surface area contributed by atoms with Crippen LogP contribution in [0.5, 0.6) is 0 Å². The van der Waals surface area contributed by atoms with E-state index in [1.807, 2.05) is 32.9 Å². The standard InChI is InChI=1S/C30H37ClFN5O3S/c1-20(2)35-30(38)28(15-22-9-11-23(31)12-10-22)36-29-19-34-18-27(32)26(29)14-13-24-17-33-16-21(3)37(24)41(39,40)25-7-5-4-6-8-25/h4-12,18-21,24,28,33,36H,13-17H2,1-3H3,(H,35,38)/t21-,24-,28-/m0/s1. The van der Waals surface area contributed by atoms with Crippen LogP contribution in [0.3, 0.4) is 0 Å². The van der Waals surface area contributed by atoms with Gasteiger partial charge in [0.15, 0.2) is 0 Å². The van der Waals surface area contributed by atoms with E-state index in [4.69, 9.17) is 11.6 Å². The molecule has 1 aliphatic heterocycles. The van der Waals surface area contributed by atoms with Crippen LogP contribution in [0.4, 0.5) is 10.1 Å². The highest BCUT2D eigenvalue weighted by Gasteiger charge is 2.37. The maximum Gasteiger partial charge on any atom is 0.243 e. The van der Waals surface area contributed by atoms with Crippen molar-refractivity contribution >= 4 is 33.2 Å². The molecule has 220 valence electrons. The van der Waals surface area contributed by atoms with Gasteiger partial charge in [0.1, 0.15) is 11.9 Å². The normalized spacial score (nSPS) is 18.7. The summed E-state index contributed by atoms with van der Waals surface area (Å²) in [5.41, 5.74) is 1.65. The van der Waals surface area contributed by atoms with Crippen LogP contribution >= 0.6 is 11.6 Å². The number of carbonyl (C=O) groups excluding carboxylic acids is 1. The number of sulfonamides is 1. The van der Waals surface area contributed by atoms with E-state index in [-0.39, 0.29) is 29.3 Å². The van der Waals surface area contributed by atoms with Crippen LogP contribution in [0, 0.1) is 5.82 Å². The molecule has 0 aliphatic carbocycles. The first-order valence-corrected chi connectivity index (χ1v) is 15.6. The van der Waals surface area contributed by atoms with Crippen molar-refractivity contribution in [1.82, 2.24) is 19.9 Å². The van der Waals surface area contributed by atoms with Crippen molar-refractivity contribution in [1.29, 1.82) is 0 Å². The number of aromatic nitrogens is 1. The summed E-state index contributed by atoms with van der Waals surface area (Å²) in [5.74, 6) is -0.741. The van der Waals surface area contributed by atoms with Gasteiger partial charge in [0, 0.05) is 48.2 Å². The number of anilines is 1. The van der Waals surface area contributed by atoms with Gasteiger partial charge in [-0.3, -0.25) is 9.78 Å². The monoisotopic (exact) mass is 601 g/mol. The van der Waals surface area contributed by atoms with Crippen molar-refractivity contribution in [3.8, 4) is 0 Å². The molecule has 1 fully saturated rings. The van der Waals surface area contributed by atoms with E-state index in [1.54, 1.807) is 46.8 Å². The first kappa shape index (κ1) is 30.9. The van der Waals surface area contributed by atoms with E-state index in [0.29, 0.717) is 42.2 Å². The lowest BCUT2D eigenvalue weighted by Crippen LogP contribution is -2.58. The smallest absolute Gasteiger partial charge is 0.243 e. The molecular weight excluding hydrogens is 565 g/mol. The highest BCUT2D eigenvalue weighted by molar-refractivity contribution is 7.89. The van der Waals surface area contributed by atoms with Crippen molar-refractivity contribution in [2.75, 3.05) is 18.4 Å². The third-order valence-corrected chi connectivity index (χ3v) is 9.43. The highest BCUT2D eigenvalue weighted by Crippen LogP contribution is 2.28. The molecule has 0 saturated carbocycles. The largest absolute Gasteiger partial charge is 0.372 e. The van der Waals surface area contributed by atoms with Gasteiger partial charge in [-0.15, -0.1) is 0 Å². The number of carbonyl (C=O) groups is 1. The Morgan fingerprint density at radius 3 is 2.51 bits per heavy atom. The molecule has 41 heavy (non-hydrogen) atoms. The summed E-state index contributed by atoms with van der Waals surface area (Å²) in [4.78, 5) is 17.4. The Labute approximate surface area is 246 Å². The summed E-state index contributed by atoms with van der Waals surface area (Å²) in [7, 11) is -3.76. The predicted octanol–water partition coefficient (Wildman–Crippen LogP) is 4.41. The fraction of sp³-hybridized carbons (Fsp3) is 0.400. The first-order chi connectivity index (χ1) is 19.6. The molecule has 0 radical (unpaired) electrons. The third kappa shape index (κ3) is 7.82. The molecule has 8 nitrogen and oxygen atoms in total. The first-order valence-electron chi connectivity index (χ1n) is 13.8. The Morgan fingerprint density at radius 2 is 1.83 bits per heavy atom. The third-order valence-electron chi connectivity index (χ3n) is 7.10. The Morgan fingerprint density at radius 1 is 1.12 bits per heavy atom. The van der Waals surface area contributed by atoms with Crippen molar-refractivity contribution in [2.24, 2.45) is 0 Å². The van der Waals surface area contributed by atoms with E-state index in [1.165, 1.54) is 6.20 Å². The fourth-order valence-electron chi connectivity index (χ4n) is 5.16. The summed E-state index contributed by atoms with van der Waals surface area (Å²) in [6.45, 7) is 6.59. The summed E-state index contributed by atoms with van der Waals surface area (Å²) in [5, 5.41) is 10.1. The lowest BCUT2D eigenvalue weighted by Gasteiger charge is -2.40. The molecule has 1 saturated heterocycles. The van der Waals surface area contributed by atoms with Gasteiger partial charge < -0.3 is 16.0 Å². The summed E-state index contributed by atoms with van der Waals surface area (Å²) >= 11 is 6.04. The Kier molecular flexibility index (Phi) is 10.4. The average Bonchev–Trinajstić information content (AvgIpc) is 2.93. The van der Waals surface area contributed by atoms with E-state index in [9.17, 15) is 13.2 Å². The van der Waals surface area contributed by atoms with E-state index < -0.39 is 27.9 Å². The maximum atomic E-state index is 15.2. The zero-order chi connectivity index (χ0) is 29.6. The number of piperazine rings is 1. The molecule has 3 aromatic rings. The molecular formula is C30H37ClFN5O3S. The summed E-state index contributed by atoms with van der Waals surface area (Å²) in [6, 6.07) is 14.1. The van der Waals surface area contributed by atoms with Gasteiger partial charge >= 0.3 is 0 Å². The number of hydrogen-bond donors (Lipinski definition) is 3. The summed E-state index contributed by atoms with van der Waals surface area (Å²) < 4.78 is 44.0. The van der Waals surface area contributed by atoms with E-state index >= 15 is 4.39 Å². The minimum Gasteiger partial charge on any atom is -0.372 e. The lowest BCUT2D eigenvalue weighted by atomic mass is 10.0. The number of nitrogens with zero attached hydrogens (tertiary/aromatic N) is 2. The van der Waals surface area contributed by atoms with E-state index in [0.717, 1.165) is 11.8 Å². The van der Waals surface area contributed by atoms with Gasteiger partial charge in [0.05, 0.1) is 23.0 Å². The van der Waals surface area contributed by atoms with Gasteiger partial charge in [0.25, 0.3) is 0 Å². The van der Waals surface area contributed by atoms with Crippen LogP contribution in [0.15, 0.2) is 71.9 Å². The Balaban J connectivity index is 1.57. The topological polar surface area (TPSA) is 103 Å². The van der Waals surface area contributed by atoms with Gasteiger partial charge in [-0.1, -0.05) is 41.9 Å². The molecule has 3 N–H and O–H groups in total. The lowest BCUT2D eigenvalue weighted by molar-refractivity contribution is -0.122. The van der Waals surface area contributed by atoms with Crippen LogP contribution < -0.4 is 16.0 Å². The quantitative estimate of drug-likeness (QED) is 0.301. The van der Waals surface area contributed by atoms with Gasteiger partial charge in [-0.2, -0.15) is 4.31 Å². The molecule has 0 unspecified atom stereocenters. The molecule has 1 aliphatic rings. The van der Waals surface area contributed by atoms with Crippen molar-refractivity contribution in [3.63, 3.8) is 0 Å². The zero-order valence-electron chi connectivity index (χ0n) is 23.5. The zero-order valence-corrected chi connectivity index (χ0v) is 25.1. The Hall–Kier alpha value is -3.05. The number of benzene rings is 2. The van der Waals surface area contributed by atoms with Crippen LogP contribution in [0.1, 0.15) is 38.3 Å². The molecule has 2 aromatic carbocycles. The van der Waals surface area contributed by atoms with Crippen molar-refractivity contribution in [3.05, 3.63) is 89.0 Å². The molecule has 1 aromatic heterocycles. The molecule has 3 atom stereocenters. The number of halogens is 2. The number of hydrogen-bond acceptors (Lipinski definition) is 6. The van der Waals surface area contributed by atoms with Crippen LogP contribution in [0.2, 0.25) is 5.02 Å².